The van der Waals surface area contributed by atoms with Gasteiger partial charge in [-0.1, -0.05) is 0 Å². The molecule has 0 bridgehead atoms. The molecule has 0 saturated heterocycles. The van der Waals surface area contributed by atoms with E-state index < -0.39 is 0 Å². The second kappa shape index (κ2) is 51.1. The van der Waals surface area contributed by atoms with Crippen LogP contribution >= 0.6 is 17.0 Å². The van der Waals surface area contributed by atoms with E-state index in [2.05, 4.69) is 0 Å². The predicted octanol–water partition coefficient (Wildman–Crippen LogP) is -6.90. The van der Waals surface area contributed by atoms with Gasteiger partial charge < -0.3 is 34.1 Å². The van der Waals surface area contributed by atoms with E-state index >= 15 is 0 Å². The van der Waals surface area contributed by atoms with E-state index in [-0.39, 0.29) is 102 Å². The molecule has 6 heteroatoms. The molecule has 0 aliphatic heterocycles. The van der Waals surface area contributed by atoms with Gasteiger partial charge in [0, 0.05) is 0 Å². The summed E-state index contributed by atoms with van der Waals surface area (Å²) >= 11 is 0. The fourth-order valence-electron chi connectivity index (χ4n) is 0. The van der Waals surface area contributed by atoms with Gasteiger partial charge in [0.1, 0.15) is 0 Å². The Bertz CT molecular complexity index is 11.5. The van der Waals surface area contributed by atoms with Crippen LogP contribution in [0.25, 0.3) is 0 Å². The topological polar surface area (TPSA) is 98.0 Å². The number of rotatable bonds is 0. The fraction of sp³-hybridized carbons (Fsp3) is 0. The van der Waals surface area contributed by atoms with E-state index in [9.17, 15) is 0 Å². The predicted molar refractivity (Wildman–Crippen MR) is 22.6 cm³/mol. The summed E-state index contributed by atoms with van der Waals surface area (Å²) < 4.78 is 0. The molecular weight excluding hydrogens is 245 g/mol. The van der Waals surface area contributed by atoms with Gasteiger partial charge in [0.05, 0.1) is 0 Å². The third-order valence-electron chi connectivity index (χ3n) is 0. The van der Waals surface area contributed by atoms with Crippen molar-refractivity contribution in [2.45, 2.75) is 0 Å². The van der Waals surface area contributed by atoms with Crippen molar-refractivity contribution < 1.29 is 79.3 Å². The van der Waals surface area contributed by atoms with Crippen molar-refractivity contribution in [2.75, 3.05) is 0 Å². The smallest absolute Gasteiger partial charge is 1.00 e. The summed E-state index contributed by atoms with van der Waals surface area (Å²) in [4.78, 5) is 0. The number of hydrogen-bond donors (Lipinski definition) is 1. The Kier molecular flexibility index (Phi) is 658. The van der Waals surface area contributed by atoms with Crippen LogP contribution in [0.15, 0.2) is 0 Å². The second-order valence-corrected chi connectivity index (χ2v) is 0. The molecule has 0 radical (unpaired) electrons. The van der Waals surface area contributed by atoms with E-state index in [0.29, 0.717) is 0 Å². The minimum absolute atomic E-state index is 0. The van der Waals surface area contributed by atoms with Gasteiger partial charge in [0.15, 0.2) is 0 Å². The Balaban J connectivity index is 0. The first kappa shape index (κ1) is 77.3. The van der Waals surface area contributed by atoms with Crippen LogP contribution in [0.3, 0.4) is 0 Å². The van der Waals surface area contributed by atoms with Crippen LogP contribution in [0.4, 0.5) is 0 Å². The van der Waals surface area contributed by atoms with E-state index in [0.717, 1.165) is 0 Å². The van der Waals surface area contributed by atoms with Gasteiger partial charge >= 0.3 is 51.4 Å². The van der Waals surface area contributed by atoms with Gasteiger partial charge in [-0.15, -0.1) is 17.0 Å². The van der Waals surface area contributed by atoms with Gasteiger partial charge in [0.25, 0.3) is 0 Å². The first-order valence-corrected chi connectivity index (χ1v) is 0. The average Bonchev–Trinajstić information content (AvgIpc) is 0. The Morgan fingerprint density at radius 3 is 0.833 bits per heavy atom. The molecule has 7 N–H and O–H groups in total. The molecule has 0 rings (SSSR count). The molecule has 0 aromatic heterocycles. The Morgan fingerprint density at radius 1 is 0.833 bits per heavy atom. The van der Waals surface area contributed by atoms with Gasteiger partial charge in [-0.3, -0.25) is 0 Å². The normalized spacial score (nSPS) is 0. The Morgan fingerprint density at radius 2 is 0.833 bits per heavy atom. The molecule has 0 aromatic carbocycles. The van der Waals surface area contributed by atoms with Crippen molar-refractivity contribution >= 4 is 17.0 Å². The largest absolute Gasteiger partial charge is 1.00 e. The number of hydrogen-bond acceptors (Lipinski definition) is 1. The zero-order valence-electron chi connectivity index (χ0n) is 3.49. The maximum atomic E-state index is 0. The molecule has 0 saturated carbocycles. The van der Waals surface area contributed by atoms with Crippen LogP contribution in [-0.2, 0) is 0 Å². The molecule has 3 nitrogen and oxygen atoms in total. The van der Waals surface area contributed by atoms with Crippen LogP contribution < -0.4 is 74.5 Å². The van der Waals surface area contributed by atoms with Gasteiger partial charge in [-0.05, 0) is 0 Å². The van der Waals surface area contributed by atoms with Crippen molar-refractivity contribution in [2.24, 2.45) is 0 Å². The molecule has 6 heavy (non-hydrogen) atoms. The van der Waals surface area contributed by atoms with E-state index in [1.807, 2.05) is 0 Å². The van der Waals surface area contributed by atoms with E-state index in [1.165, 1.54) is 0 Å². The van der Waals surface area contributed by atoms with Crippen LogP contribution in [0.5, 0.6) is 0 Å². The van der Waals surface area contributed by atoms with Crippen molar-refractivity contribution in [3.63, 3.8) is 0 Å². The molecule has 0 atom stereocenters. The zero-order chi connectivity index (χ0) is 0. The van der Waals surface area contributed by atoms with E-state index in [4.69, 9.17) is 0 Å². The Labute approximate surface area is 100 Å². The standard InChI is InChI=1S/2BrH.K.H3N.2H2O/h2*1H;;1H3;2*1H2/q;;+1;;;/p-1. The average molecular weight is 253 g/mol. The summed E-state index contributed by atoms with van der Waals surface area (Å²) in [7, 11) is 0. The van der Waals surface area contributed by atoms with Crippen LogP contribution in [-0.4, -0.2) is 11.0 Å². The zero-order valence-corrected chi connectivity index (χ0v) is 9.92. The van der Waals surface area contributed by atoms with Gasteiger partial charge in [-0.25, -0.2) is 0 Å². The minimum atomic E-state index is 0. The molecule has 0 fully saturated rings. The quantitative estimate of drug-likeness (QED) is 0.426. The summed E-state index contributed by atoms with van der Waals surface area (Å²) in [6, 6.07) is 0. The summed E-state index contributed by atoms with van der Waals surface area (Å²) in [5.41, 5.74) is 0. The molecule has 40 valence electrons. The van der Waals surface area contributed by atoms with Crippen molar-refractivity contribution in [3.8, 4) is 0 Å². The molecule has 0 heterocycles. The SMILES string of the molecule is Br.N.O.O.[Br-].[K+]. The first-order valence-electron chi connectivity index (χ1n) is 0. The van der Waals surface area contributed by atoms with Crippen LogP contribution in [0.2, 0.25) is 0 Å². The maximum Gasteiger partial charge on any atom is 1.00 e. The van der Waals surface area contributed by atoms with Crippen molar-refractivity contribution in [3.05, 3.63) is 0 Å². The third-order valence-corrected chi connectivity index (χ3v) is 0. The molecule has 0 aliphatic rings. The van der Waals surface area contributed by atoms with Crippen LogP contribution in [0.1, 0.15) is 0 Å². The van der Waals surface area contributed by atoms with Gasteiger partial charge in [-0.2, -0.15) is 0 Å². The molecule has 0 unspecified atom stereocenters. The molecule has 0 spiro atoms. The van der Waals surface area contributed by atoms with Gasteiger partial charge in [0.2, 0.25) is 0 Å². The first-order chi connectivity index (χ1) is 0. The second-order valence-electron chi connectivity index (χ2n) is 0. The minimum Gasteiger partial charge on any atom is -1.00 e. The van der Waals surface area contributed by atoms with Crippen molar-refractivity contribution in [1.29, 1.82) is 0 Å². The molecular formula is H8Br2KNO2. The molecule has 0 aromatic rings. The Hall–Kier alpha value is 2.48. The number of halogens is 2. The molecule has 0 amide bonds. The molecule has 0 aliphatic carbocycles. The van der Waals surface area contributed by atoms with Crippen LogP contribution in [0, 0.1) is 0 Å². The summed E-state index contributed by atoms with van der Waals surface area (Å²) in [5.74, 6) is 0. The summed E-state index contributed by atoms with van der Waals surface area (Å²) in [6.45, 7) is 0. The fourth-order valence-corrected chi connectivity index (χ4v) is 0. The van der Waals surface area contributed by atoms with Crippen molar-refractivity contribution in [1.82, 2.24) is 6.15 Å². The maximum absolute atomic E-state index is 0. The summed E-state index contributed by atoms with van der Waals surface area (Å²) in [6.07, 6.45) is 0. The van der Waals surface area contributed by atoms with E-state index in [1.54, 1.807) is 0 Å². The third kappa shape index (κ3) is 31.7. The monoisotopic (exact) mass is 251 g/mol. The summed E-state index contributed by atoms with van der Waals surface area (Å²) in [5, 5.41) is 0.